The van der Waals surface area contributed by atoms with Crippen molar-refractivity contribution >= 4 is 6.09 Å². The molecule has 0 bridgehead atoms. The van der Waals surface area contributed by atoms with Crippen LogP contribution in [0, 0.1) is 45.3 Å². The second kappa shape index (κ2) is 10.5. The minimum absolute atomic E-state index is 0.0158. The van der Waals surface area contributed by atoms with Crippen LogP contribution in [0.4, 0.5) is 4.79 Å². The third-order valence-corrected chi connectivity index (χ3v) is 6.74. The van der Waals surface area contributed by atoms with E-state index in [4.69, 9.17) is 15.2 Å². The van der Waals surface area contributed by atoms with Gasteiger partial charge in [0, 0.05) is 24.9 Å². The average Bonchev–Trinajstić information content (AvgIpc) is 2.92. The molecule has 2 N–H and O–H groups in total. The summed E-state index contributed by atoms with van der Waals surface area (Å²) in [5.74, 6) is -0.583. The summed E-state index contributed by atoms with van der Waals surface area (Å²) in [4.78, 5) is 14.5. The van der Waals surface area contributed by atoms with E-state index in [9.17, 15) is 20.6 Å². The first-order valence-electron chi connectivity index (χ1n) is 12.0. The number of nitrogens with zero attached hydrogens (tertiary/aromatic N) is 4. The predicted octanol–water partition coefficient (Wildman–Crippen LogP) is 4.54. The van der Waals surface area contributed by atoms with Gasteiger partial charge in [0.15, 0.2) is 5.41 Å². The Bertz CT molecular complexity index is 1340. The molecule has 2 aliphatic rings. The number of carbonyl (C=O) groups is 1. The third kappa shape index (κ3) is 4.73. The zero-order chi connectivity index (χ0) is 26.6. The van der Waals surface area contributed by atoms with Gasteiger partial charge in [-0.05, 0) is 42.7 Å². The number of allylic oxidation sites excluding steroid dienone is 2. The molecule has 0 radical (unpaired) electrons. The van der Waals surface area contributed by atoms with Crippen molar-refractivity contribution < 1.29 is 14.3 Å². The molecule has 0 saturated carbocycles. The van der Waals surface area contributed by atoms with Crippen molar-refractivity contribution in [1.82, 2.24) is 4.90 Å². The van der Waals surface area contributed by atoms with Crippen molar-refractivity contribution in [1.29, 1.82) is 15.8 Å². The van der Waals surface area contributed by atoms with Crippen LogP contribution in [0.3, 0.4) is 0 Å². The smallest absolute Gasteiger partial charge is 0.410 e. The van der Waals surface area contributed by atoms with Gasteiger partial charge in [-0.3, -0.25) is 0 Å². The van der Waals surface area contributed by atoms with Crippen LogP contribution in [-0.4, -0.2) is 30.2 Å². The van der Waals surface area contributed by atoms with Gasteiger partial charge in [0.25, 0.3) is 0 Å². The SMILES string of the molecule is CC(C)Oc1ccc([C@@H]2[C@@H]3CN(C(=O)OCc4ccccc4)CC=C3C(C#N)=C(N)C2(C#N)C#N)cc1. The zero-order valence-corrected chi connectivity index (χ0v) is 20.7. The molecule has 2 aromatic carbocycles. The molecule has 2 aromatic rings. The Hall–Kier alpha value is -4.74. The zero-order valence-electron chi connectivity index (χ0n) is 20.7. The Morgan fingerprint density at radius 1 is 1.11 bits per heavy atom. The Morgan fingerprint density at radius 2 is 1.78 bits per heavy atom. The monoisotopic (exact) mass is 493 g/mol. The van der Waals surface area contributed by atoms with Gasteiger partial charge in [-0.25, -0.2) is 4.79 Å². The maximum absolute atomic E-state index is 13.0. The standard InChI is InChI=1S/C29H27N5O3/c1-19(2)37-22-10-8-21(9-11-22)26-25-15-34(28(35)36-16-20-6-4-3-5-7-20)13-12-23(25)24(14-30)27(33)29(26,17-31)18-32/h3-12,19,25-26H,13,15-16,33H2,1-2H3/t25-,26-/m1/s1. The summed E-state index contributed by atoms with van der Waals surface area (Å²) in [6.45, 7) is 4.35. The lowest BCUT2D eigenvalue weighted by Crippen LogP contribution is -2.49. The predicted molar refractivity (Wildman–Crippen MR) is 135 cm³/mol. The number of ether oxygens (including phenoxy) is 2. The van der Waals surface area contributed by atoms with Crippen LogP contribution in [-0.2, 0) is 11.3 Å². The third-order valence-electron chi connectivity index (χ3n) is 6.74. The van der Waals surface area contributed by atoms with E-state index in [1.54, 1.807) is 30.3 Å². The average molecular weight is 494 g/mol. The van der Waals surface area contributed by atoms with Crippen LogP contribution >= 0.6 is 0 Å². The largest absolute Gasteiger partial charge is 0.491 e. The minimum Gasteiger partial charge on any atom is -0.491 e. The second-order valence-corrected chi connectivity index (χ2v) is 9.36. The minimum atomic E-state index is -1.79. The van der Waals surface area contributed by atoms with Gasteiger partial charge in [0.1, 0.15) is 18.4 Å². The van der Waals surface area contributed by atoms with Crippen LogP contribution in [0.2, 0.25) is 0 Å². The normalized spacial score (nSPS) is 20.1. The molecular formula is C29H27N5O3. The van der Waals surface area contributed by atoms with E-state index in [0.717, 1.165) is 5.56 Å². The summed E-state index contributed by atoms with van der Waals surface area (Å²) in [5.41, 5.74) is 6.84. The van der Waals surface area contributed by atoms with Gasteiger partial charge < -0.3 is 20.1 Å². The van der Waals surface area contributed by atoms with E-state index in [1.807, 2.05) is 44.2 Å². The molecule has 1 aliphatic heterocycles. The maximum Gasteiger partial charge on any atom is 0.410 e. The van der Waals surface area contributed by atoms with E-state index in [-0.39, 0.29) is 37.1 Å². The van der Waals surface area contributed by atoms with E-state index in [1.165, 1.54) is 4.90 Å². The van der Waals surface area contributed by atoms with Gasteiger partial charge >= 0.3 is 6.09 Å². The number of amides is 1. The summed E-state index contributed by atoms with van der Waals surface area (Å²) >= 11 is 0. The van der Waals surface area contributed by atoms with Gasteiger partial charge in [-0.2, -0.15) is 15.8 Å². The molecule has 0 aromatic heterocycles. The highest BCUT2D eigenvalue weighted by Crippen LogP contribution is 2.54. The molecule has 0 unspecified atom stereocenters. The Kier molecular flexibility index (Phi) is 7.18. The molecule has 4 rings (SSSR count). The molecule has 37 heavy (non-hydrogen) atoms. The van der Waals surface area contributed by atoms with Crippen molar-refractivity contribution in [3.63, 3.8) is 0 Å². The molecule has 2 atom stereocenters. The number of hydrogen-bond donors (Lipinski definition) is 1. The summed E-state index contributed by atoms with van der Waals surface area (Å²) < 4.78 is 11.3. The molecule has 8 nitrogen and oxygen atoms in total. The van der Waals surface area contributed by atoms with Gasteiger partial charge in [-0.15, -0.1) is 0 Å². The number of hydrogen-bond acceptors (Lipinski definition) is 7. The lowest BCUT2D eigenvalue weighted by molar-refractivity contribution is 0.0898. The molecule has 1 aliphatic carbocycles. The summed E-state index contributed by atoms with van der Waals surface area (Å²) in [6.07, 6.45) is 1.24. The first kappa shape index (κ1) is 25.4. The number of nitriles is 3. The van der Waals surface area contributed by atoms with Crippen LogP contribution < -0.4 is 10.5 Å². The topological polar surface area (TPSA) is 136 Å². The van der Waals surface area contributed by atoms with E-state index >= 15 is 0 Å². The van der Waals surface area contributed by atoms with E-state index in [2.05, 4.69) is 18.2 Å². The number of nitrogens with two attached hydrogens (primary N) is 1. The van der Waals surface area contributed by atoms with Crippen LogP contribution in [0.25, 0.3) is 0 Å². The molecule has 8 heteroatoms. The van der Waals surface area contributed by atoms with Crippen LogP contribution in [0.1, 0.15) is 30.9 Å². The molecule has 0 spiro atoms. The first-order chi connectivity index (χ1) is 17.8. The van der Waals surface area contributed by atoms with Crippen molar-refractivity contribution in [2.24, 2.45) is 17.1 Å². The highest BCUT2D eigenvalue weighted by molar-refractivity contribution is 5.69. The fraction of sp³-hybridized carbons (Fsp3) is 0.310. The summed E-state index contributed by atoms with van der Waals surface area (Å²) in [5, 5.41) is 30.4. The summed E-state index contributed by atoms with van der Waals surface area (Å²) in [6, 6.07) is 22.9. The lowest BCUT2D eigenvalue weighted by atomic mass is 9.58. The molecular weight excluding hydrogens is 466 g/mol. The Labute approximate surface area is 216 Å². The summed E-state index contributed by atoms with van der Waals surface area (Å²) in [7, 11) is 0. The molecule has 0 saturated heterocycles. The van der Waals surface area contributed by atoms with Crippen LogP contribution in [0.15, 0.2) is 77.5 Å². The highest BCUT2D eigenvalue weighted by atomic mass is 16.6. The van der Waals surface area contributed by atoms with Crippen molar-refractivity contribution in [3.05, 3.63) is 88.6 Å². The van der Waals surface area contributed by atoms with Crippen molar-refractivity contribution in [3.8, 4) is 24.0 Å². The van der Waals surface area contributed by atoms with Crippen molar-refractivity contribution in [2.45, 2.75) is 32.5 Å². The van der Waals surface area contributed by atoms with Gasteiger partial charge in [-0.1, -0.05) is 48.5 Å². The fourth-order valence-electron chi connectivity index (χ4n) is 5.04. The highest BCUT2D eigenvalue weighted by Gasteiger charge is 2.54. The maximum atomic E-state index is 13.0. The Balaban J connectivity index is 1.71. The second-order valence-electron chi connectivity index (χ2n) is 9.36. The fourth-order valence-corrected chi connectivity index (χ4v) is 5.04. The van der Waals surface area contributed by atoms with Gasteiger partial charge in [0.2, 0.25) is 0 Å². The number of rotatable bonds is 5. The lowest BCUT2D eigenvalue weighted by Gasteiger charge is -2.45. The van der Waals surface area contributed by atoms with Gasteiger partial charge in [0.05, 0.1) is 29.5 Å². The quantitative estimate of drug-likeness (QED) is 0.646. The van der Waals surface area contributed by atoms with E-state index in [0.29, 0.717) is 16.9 Å². The number of fused-ring (bicyclic) bond motifs is 1. The number of carbonyl (C=O) groups excluding carboxylic acids is 1. The van der Waals surface area contributed by atoms with E-state index < -0.39 is 23.3 Å². The number of benzene rings is 2. The molecule has 1 amide bonds. The molecule has 1 heterocycles. The molecule has 0 fully saturated rings. The first-order valence-corrected chi connectivity index (χ1v) is 12.0. The molecule has 186 valence electrons. The van der Waals surface area contributed by atoms with Crippen molar-refractivity contribution in [2.75, 3.05) is 13.1 Å². The van der Waals surface area contributed by atoms with Crippen LogP contribution in [0.5, 0.6) is 5.75 Å². The Morgan fingerprint density at radius 3 is 2.38 bits per heavy atom.